The van der Waals surface area contributed by atoms with Gasteiger partial charge in [0.25, 0.3) is 10.0 Å². The fourth-order valence-corrected chi connectivity index (χ4v) is 5.62. The molecule has 1 atom stereocenters. The Labute approximate surface area is 144 Å². The third kappa shape index (κ3) is 2.97. The molecule has 1 aliphatic heterocycles. The molecule has 0 saturated carbocycles. The Bertz CT molecular complexity index is 843. The number of esters is 1. The zero-order valence-electron chi connectivity index (χ0n) is 13.3. The van der Waals surface area contributed by atoms with Crippen LogP contribution in [0.1, 0.15) is 21.5 Å². The van der Waals surface area contributed by atoms with Gasteiger partial charge in [0.1, 0.15) is 14.9 Å². The molecule has 0 amide bonds. The number of hydrogen-bond acceptors (Lipinski definition) is 7. The lowest BCUT2D eigenvalue weighted by atomic mass is 10.2. The van der Waals surface area contributed by atoms with E-state index < -0.39 is 22.0 Å². The molecule has 1 saturated heterocycles. The summed E-state index contributed by atoms with van der Waals surface area (Å²) in [5.74, 6) is 0.137. The van der Waals surface area contributed by atoms with E-state index in [1.165, 1.54) is 23.5 Å². The maximum atomic E-state index is 13.0. The van der Waals surface area contributed by atoms with E-state index in [9.17, 15) is 13.2 Å². The lowest BCUT2D eigenvalue weighted by Crippen LogP contribution is -2.49. The number of carbonyl (C=O) groups is 1. The number of carbonyl (C=O) groups excluding carboxylic acids is 1. The molecule has 3 heterocycles. The van der Waals surface area contributed by atoms with Gasteiger partial charge in [0.15, 0.2) is 0 Å². The van der Waals surface area contributed by atoms with E-state index in [-0.39, 0.29) is 9.09 Å². The largest absolute Gasteiger partial charge is 0.465 e. The quantitative estimate of drug-likeness (QED) is 0.793. The molecule has 3 rings (SSSR count). The van der Waals surface area contributed by atoms with E-state index in [4.69, 9.17) is 0 Å². The Hall–Kier alpha value is -1.75. The molecular weight excluding hydrogens is 352 g/mol. The second-order valence-electron chi connectivity index (χ2n) is 5.34. The van der Waals surface area contributed by atoms with Crippen molar-refractivity contribution < 1.29 is 17.9 Å². The molecule has 0 aliphatic carbocycles. The van der Waals surface area contributed by atoms with Gasteiger partial charge in [0.05, 0.1) is 13.2 Å². The highest BCUT2D eigenvalue weighted by atomic mass is 32.2. The normalized spacial score (nSPS) is 19.3. The van der Waals surface area contributed by atoms with Crippen molar-refractivity contribution in [2.45, 2.75) is 10.3 Å². The van der Waals surface area contributed by atoms with E-state index in [2.05, 4.69) is 15.0 Å². The molecule has 2 aromatic heterocycles. The molecule has 1 N–H and O–H groups in total. The average molecular weight is 370 g/mol. The molecule has 130 valence electrons. The number of piperazine rings is 1. The smallest absolute Gasteiger partial charge is 0.348 e. The number of methoxy groups -OCH3 is 1. The predicted molar refractivity (Wildman–Crippen MR) is 88.4 cm³/mol. The molecule has 8 nitrogen and oxygen atoms in total. The standard InChI is InChI=1S/C14H18N4O4S2/c1-17-7-6-16-13(17)10-9-15-5-8-18(10)24(20,21)12-4-3-11(23-12)14(19)22-2/h3-4,6-7,10,15H,5,8-9H2,1-2H3. The number of imidazole rings is 1. The van der Waals surface area contributed by atoms with Crippen LogP contribution in [-0.4, -0.2) is 55.0 Å². The molecule has 24 heavy (non-hydrogen) atoms. The molecule has 1 aliphatic rings. The highest BCUT2D eigenvalue weighted by molar-refractivity contribution is 7.91. The van der Waals surface area contributed by atoms with Crippen molar-refractivity contribution in [3.8, 4) is 0 Å². The van der Waals surface area contributed by atoms with Crippen molar-refractivity contribution in [2.24, 2.45) is 7.05 Å². The number of nitrogens with one attached hydrogen (secondary N) is 1. The predicted octanol–water partition coefficient (Wildman–Crippen LogP) is 0.603. The number of rotatable bonds is 4. The van der Waals surface area contributed by atoms with E-state index >= 15 is 0 Å². The van der Waals surface area contributed by atoms with Crippen LogP contribution >= 0.6 is 11.3 Å². The van der Waals surface area contributed by atoms with Gasteiger partial charge < -0.3 is 14.6 Å². The first-order chi connectivity index (χ1) is 11.4. The maximum absolute atomic E-state index is 13.0. The van der Waals surface area contributed by atoms with E-state index in [1.54, 1.807) is 12.4 Å². The summed E-state index contributed by atoms with van der Waals surface area (Å²) in [6.07, 6.45) is 3.43. The maximum Gasteiger partial charge on any atom is 0.348 e. The molecule has 0 bridgehead atoms. The Morgan fingerprint density at radius 1 is 1.46 bits per heavy atom. The number of aromatic nitrogens is 2. The van der Waals surface area contributed by atoms with Gasteiger partial charge in [-0.1, -0.05) is 0 Å². The second kappa shape index (κ2) is 6.63. The molecule has 1 fully saturated rings. The Kier molecular flexibility index (Phi) is 4.72. The molecule has 0 spiro atoms. The number of nitrogens with zero attached hydrogens (tertiary/aromatic N) is 3. The van der Waals surface area contributed by atoms with Crippen LogP contribution in [-0.2, 0) is 21.8 Å². The van der Waals surface area contributed by atoms with Gasteiger partial charge in [-0.25, -0.2) is 18.2 Å². The van der Waals surface area contributed by atoms with Crippen molar-refractivity contribution in [1.82, 2.24) is 19.2 Å². The third-order valence-corrected chi connectivity index (χ3v) is 7.32. The van der Waals surface area contributed by atoms with Crippen LogP contribution in [0.3, 0.4) is 0 Å². The molecule has 10 heteroatoms. The molecule has 2 aromatic rings. The Morgan fingerprint density at radius 3 is 2.92 bits per heavy atom. The van der Waals surface area contributed by atoms with Gasteiger partial charge in [-0.2, -0.15) is 4.31 Å². The summed E-state index contributed by atoms with van der Waals surface area (Å²) in [7, 11) is -0.621. The van der Waals surface area contributed by atoms with Gasteiger partial charge in [0.2, 0.25) is 0 Å². The summed E-state index contributed by atoms with van der Waals surface area (Å²) in [4.78, 5) is 16.1. The topological polar surface area (TPSA) is 93.5 Å². The molecule has 1 unspecified atom stereocenters. The van der Waals surface area contributed by atoms with Crippen molar-refractivity contribution in [3.05, 3.63) is 35.2 Å². The van der Waals surface area contributed by atoms with Gasteiger partial charge >= 0.3 is 5.97 Å². The Balaban J connectivity index is 1.96. The molecule has 0 radical (unpaired) electrons. The molecular formula is C14H18N4O4S2. The van der Waals surface area contributed by atoms with E-state index in [1.807, 2.05) is 11.6 Å². The fourth-order valence-electron chi connectivity index (χ4n) is 2.68. The van der Waals surface area contributed by atoms with Crippen molar-refractivity contribution >= 4 is 27.3 Å². The summed E-state index contributed by atoms with van der Waals surface area (Å²) in [5, 5.41) is 3.21. The number of thiophene rings is 1. The van der Waals surface area contributed by atoms with Crippen LogP contribution in [0.15, 0.2) is 28.7 Å². The minimum atomic E-state index is -3.72. The zero-order chi connectivity index (χ0) is 17.3. The van der Waals surface area contributed by atoms with Gasteiger partial charge in [-0.3, -0.25) is 0 Å². The van der Waals surface area contributed by atoms with Crippen LogP contribution in [0, 0.1) is 0 Å². The third-order valence-electron chi connectivity index (χ3n) is 3.88. The first-order valence-corrected chi connectivity index (χ1v) is 9.58. The monoisotopic (exact) mass is 370 g/mol. The summed E-state index contributed by atoms with van der Waals surface area (Å²) in [6, 6.07) is 2.53. The van der Waals surface area contributed by atoms with Crippen molar-refractivity contribution in [1.29, 1.82) is 0 Å². The highest BCUT2D eigenvalue weighted by Crippen LogP contribution is 2.31. The first-order valence-electron chi connectivity index (χ1n) is 7.33. The number of aryl methyl sites for hydroxylation is 1. The van der Waals surface area contributed by atoms with Gasteiger partial charge in [-0.05, 0) is 12.1 Å². The second-order valence-corrected chi connectivity index (χ2v) is 8.54. The van der Waals surface area contributed by atoms with E-state index in [0.29, 0.717) is 25.5 Å². The fraction of sp³-hybridized carbons (Fsp3) is 0.429. The van der Waals surface area contributed by atoms with Crippen LogP contribution in [0.2, 0.25) is 0 Å². The Morgan fingerprint density at radius 2 is 2.25 bits per heavy atom. The lowest BCUT2D eigenvalue weighted by Gasteiger charge is -2.34. The average Bonchev–Trinajstić information content (AvgIpc) is 3.23. The lowest BCUT2D eigenvalue weighted by molar-refractivity contribution is 0.0606. The SMILES string of the molecule is COC(=O)c1ccc(S(=O)(=O)N2CCNCC2c2nccn2C)s1. The zero-order valence-corrected chi connectivity index (χ0v) is 14.9. The number of ether oxygens (including phenoxy) is 1. The highest BCUT2D eigenvalue weighted by Gasteiger charge is 2.37. The van der Waals surface area contributed by atoms with E-state index in [0.717, 1.165) is 11.3 Å². The van der Waals surface area contributed by atoms with Crippen LogP contribution in [0.4, 0.5) is 0 Å². The minimum Gasteiger partial charge on any atom is -0.465 e. The van der Waals surface area contributed by atoms with Crippen LogP contribution in [0.25, 0.3) is 0 Å². The summed E-state index contributed by atoms with van der Waals surface area (Å²) >= 11 is 0.918. The first kappa shape index (κ1) is 17.1. The number of sulfonamides is 1. The summed E-state index contributed by atoms with van der Waals surface area (Å²) in [6.45, 7) is 1.39. The van der Waals surface area contributed by atoms with Gasteiger partial charge in [0, 0.05) is 39.1 Å². The van der Waals surface area contributed by atoms with Crippen LogP contribution in [0.5, 0.6) is 0 Å². The summed E-state index contributed by atoms with van der Waals surface area (Å²) < 4.78 is 34.1. The minimum absolute atomic E-state index is 0.129. The van der Waals surface area contributed by atoms with Crippen LogP contribution < -0.4 is 5.32 Å². The number of hydrogen-bond donors (Lipinski definition) is 1. The van der Waals surface area contributed by atoms with Gasteiger partial charge in [-0.15, -0.1) is 11.3 Å². The van der Waals surface area contributed by atoms with Crippen molar-refractivity contribution in [2.75, 3.05) is 26.7 Å². The summed E-state index contributed by atoms with van der Waals surface area (Å²) in [5.41, 5.74) is 0. The molecule has 0 aromatic carbocycles. The van der Waals surface area contributed by atoms with Crippen molar-refractivity contribution in [3.63, 3.8) is 0 Å².